The van der Waals surface area contributed by atoms with Crippen LogP contribution in [-0.4, -0.2) is 15.7 Å². The maximum Gasteiger partial charge on any atom is 0.0738 e. The summed E-state index contributed by atoms with van der Waals surface area (Å²) in [5, 5.41) is 3.11. The molecule has 0 spiro atoms. The molecule has 16 heavy (non-hydrogen) atoms. The molecule has 1 N–H and O–H groups in total. The second-order valence-electron chi connectivity index (χ2n) is 3.86. The number of alkyl halides is 2. The summed E-state index contributed by atoms with van der Waals surface area (Å²) in [6, 6.07) is 6.17. The lowest BCUT2D eigenvalue weighted by molar-refractivity contribution is 1.12. The van der Waals surface area contributed by atoms with E-state index in [0.29, 0.717) is 0 Å². The first-order valence-corrected chi connectivity index (χ1v) is 6.61. The third-order valence-electron chi connectivity index (χ3n) is 2.79. The average molecular weight is 317 g/mol. The van der Waals surface area contributed by atoms with Crippen molar-refractivity contribution in [2.24, 2.45) is 0 Å². The second kappa shape index (κ2) is 3.80. The van der Waals surface area contributed by atoms with Gasteiger partial charge in [0.15, 0.2) is 0 Å². The molecule has 82 valence electrons. The molecule has 1 aliphatic rings. The molecule has 0 saturated carbocycles. The van der Waals surface area contributed by atoms with Gasteiger partial charge in [0.1, 0.15) is 0 Å². The molecular formula is C12H8BrCl2N. The fourth-order valence-electron chi connectivity index (χ4n) is 2.03. The number of hydrogen-bond acceptors (Lipinski definition) is 0. The van der Waals surface area contributed by atoms with Crippen molar-refractivity contribution in [3.05, 3.63) is 33.2 Å². The molecule has 2 atom stereocenters. The SMILES string of the molecule is ClC1C=c2[nH]c3cc(Br)ccc3c2=CC1Cl. The Labute approximate surface area is 111 Å². The average Bonchev–Trinajstić information content (AvgIpc) is 2.55. The Hall–Kier alpha value is -0.440. The monoisotopic (exact) mass is 315 g/mol. The highest BCUT2D eigenvalue weighted by molar-refractivity contribution is 9.10. The van der Waals surface area contributed by atoms with E-state index >= 15 is 0 Å². The van der Waals surface area contributed by atoms with E-state index in [-0.39, 0.29) is 10.8 Å². The van der Waals surface area contributed by atoms with Crippen molar-refractivity contribution in [1.82, 2.24) is 4.98 Å². The third kappa shape index (κ3) is 1.60. The van der Waals surface area contributed by atoms with Crippen molar-refractivity contribution in [1.29, 1.82) is 0 Å². The van der Waals surface area contributed by atoms with E-state index in [2.05, 4.69) is 33.0 Å². The van der Waals surface area contributed by atoms with E-state index in [0.717, 1.165) is 20.6 Å². The topological polar surface area (TPSA) is 15.8 Å². The lowest BCUT2D eigenvalue weighted by Crippen LogP contribution is -2.32. The van der Waals surface area contributed by atoms with Gasteiger partial charge in [-0.2, -0.15) is 0 Å². The molecule has 1 aliphatic carbocycles. The van der Waals surface area contributed by atoms with Crippen LogP contribution in [0.5, 0.6) is 0 Å². The zero-order valence-electron chi connectivity index (χ0n) is 8.18. The Morgan fingerprint density at radius 2 is 1.88 bits per heavy atom. The van der Waals surface area contributed by atoms with Gasteiger partial charge in [-0.1, -0.05) is 28.1 Å². The Balaban J connectivity index is 2.45. The van der Waals surface area contributed by atoms with E-state index in [1.165, 1.54) is 5.39 Å². The Kier molecular flexibility index (Phi) is 2.54. The van der Waals surface area contributed by atoms with Crippen molar-refractivity contribution in [2.75, 3.05) is 0 Å². The summed E-state index contributed by atoms with van der Waals surface area (Å²) in [7, 11) is 0. The molecule has 1 nitrogen and oxygen atoms in total. The van der Waals surface area contributed by atoms with Gasteiger partial charge in [0.05, 0.1) is 10.8 Å². The highest BCUT2D eigenvalue weighted by Crippen LogP contribution is 2.18. The highest BCUT2D eigenvalue weighted by atomic mass is 79.9. The van der Waals surface area contributed by atoms with Crippen molar-refractivity contribution in [3.8, 4) is 0 Å². The fraction of sp³-hybridized carbons (Fsp3) is 0.167. The highest BCUT2D eigenvalue weighted by Gasteiger charge is 2.16. The maximum atomic E-state index is 6.14. The van der Waals surface area contributed by atoms with Crippen LogP contribution < -0.4 is 10.6 Å². The van der Waals surface area contributed by atoms with Gasteiger partial charge in [-0.25, -0.2) is 0 Å². The van der Waals surface area contributed by atoms with Crippen LogP contribution in [0.15, 0.2) is 22.7 Å². The molecule has 1 aromatic heterocycles. The molecule has 1 aromatic carbocycles. The molecule has 0 amide bonds. The molecule has 4 heteroatoms. The van der Waals surface area contributed by atoms with E-state index in [4.69, 9.17) is 23.2 Å². The van der Waals surface area contributed by atoms with Crippen LogP contribution in [0.3, 0.4) is 0 Å². The van der Waals surface area contributed by atoms with Gasteiger partial charge >= 0.3 is 0 Å². The van der Waals surface area contributed by atoms with Crippen LogP contribution in [0.25, 0.3) is 23.1 Å². The van der Waals surface area contributed by atoms with Crippen molar-refractivity contribution in [3.63, 3.8) is 0 Å². The summed E-state index contributed by atoms with van der Waals surface area (Å²) >= 11 is 15.7. The summed E-state index contributed by atoms with van der Waals surface area (Å²) in [6.45, 7) is 0. The van der Waals surface area contributed by atoms with Gasteiger partial charge < -0.3 is 4.98 Å². The van der Waals surface area contributed by atoms with Crippen LogP contribution in [0.4, 0.5) is 0 Å². The molecular weight excluding hydrogens is 309 g/mol. The molecule has 3 rings (SSSR count). The van der Waals surface area contributed by atoms with E-state index in [9.17, 15) is 0 Å². The first-order valence-electron chi connectivity index (χ1n) is 4.94. The molecule has 2 aromatic rings. The summed E-state index contributed by atoms with van der Waals surface area (Å²) in [5.41, 5.74) is 1.10. The molecule has 0 fully saturated rings. The number of halogens is 3. The van der Waals surface area contributed by atoms with Gasteiger partial charge in [0, 0.05) is 25.9 Å². The quantitative estimate of drug-likeness (QED) is 0.719. The number of benzene rings is 1. The normalized spacial score (nSPS) is 23.7. The minimum absolute atomic E-state index is 0.142. The van der Waals surface area contributed by atoms with Gasteiger partial charge in [0.2, 0.25) is 0 Å². The molecule has 2 unspecified atom stereocenters. The van der Waals surface area contributed by atoms with E-state index < -0.39 is 0 Å². The molecule has 0 aliphatic heterocycles. The fourth-order valence-corrected chi connectivity index (χ4v) is 2.78. The predicted molar refractivity (Wildman–Crippen MR) is 73.5 cm³/mol. The van der Waals surface area contributed by atoms with Crippen molar-refractivity contribution >= 4 is 62.2 Å². The maximum absolute atomic E-state index is 6.14. The van der Waals surface area contributed by atoms with Crippen LogP contribution in [0, 0.1) is 0 Å². The van der Waals surface area contributed by atoms with Crippen LogP contribution >= 0.6 is 39.1 Å². The van der Waals surface area contributed by atoms with Gasteiger partial charge in [0.25, 0.3) is 0 Å². The zero-order valence-corrected chi connectivity index (χ0v) is 11.3. The summed E-state index contributed by atoms with van der Waals surface area (Å²) in [5.74, 6) is 0. The smallest absolute Gasteiger partial charge is 0.0738 e. The number of rotatable bonds is 0. The number of nitrogens with one attached hydrogen (secondary N) is 1. The summed E-state index contributed by atoms with van der Waals surface area (Å²) < 4.78 is 1.06. The van der Waals surface area contributed by atoms with Crippen molar-refractivity contribution < 1.29 is 0 Å². The summed E-state index contributed by atoms with van der Waals surface area (Å²) in [4.78, 5) is 3.35. The van der Waals surface area contributed by atoms with Crippen LogP contribution in [-0.2, 0) is 0 Å². The predicted octanol–water partition coefficient (Wildman–Crippen LogP) is 2.72. The molecule has 0 bridgehead atoms. The number of aromatic nitrogens is 1. The number of aromatic amines is 1. The first kappa shape index (κ1) is 10.7. The third-order valence-corrected chi connectivity index (χ3v) is 4.20. The Morgan fingerprint density at radius 1 is 1.12 bits per heavy atom. The number of fused-ring (bicyclic) bond motifs is 3. The summed E-state index contributed by atoms with van der Waals surface area (Å²) in [6.07, 6.45) is 3.99. The standard InChI is InChI=1S/C12H8BrCl2N/c13-6-1-2-7-8-4-9(14)10(15)5-12(8)16-11(7)3-6/h1-5,9-10,16H. The van der Waals surface area contributed by atoms with E-state index in [1.807, 2.05) is 18.2 Å². The van der Waals surface area contributed by atoms with Gasteiger partial charge in [-0.05, 0) is 18.2 Å². The number of hydrogen-bond donors (Lipinski definition) is 1. The zero-order chi connectivity index (χ0) is 11.3. The second-order valence-corrected chi connectivity index (χ2v) is 5.79. The van der Waals surface area contributed by atoms with Gasteiger partial charge in [-0.3, -0.25) is 0 Å². The number of H-pyrrole nitrogens is 1. The lowest BCUT2D eigenvalue weighted by Gasteiger charge is -2.10. The largest absolute Gasteiger partial charge is 0.355 e. The van der Waals surface area contributed by atoms with Crippen LogP contribution in [0.1, 0.15) is 0 Å². The molecule has 1 heterocycles. The first-order chi connectivity index (χ1) is 7.65. The molecule has 0 saturated heterocycles. The van der Waals surface area contributed by atoms with Gasteiger partial charge in [-0.15, -0.1) is 23.2 Å². The Morgan fingerprint density at radius 3 is 2.69 bits per heavy atom. The molecule has 0 radical (unpaired) electrons. The minimum Gasteiger partial charge on any atom is -0.355 e. The Bertz CT molecular complexity index is 674. The van der Waals surface area contributed by atoms with Crippen molar-refractivity contribution in [2.45, 2.75) is 10.8 Å². The minimum atomic E-state index is -0.148. The lowest BCUT2D eigenvalue weighted by atomic mass is 10.1. The van der Waals surface area contributed by atoms with E-state index in [1.54, 1.807) is 0 Å². The van der Waals surface area contributed by atoms with Crippen LogP contribution in [0.2, 0.25) is 0 Å².